The topological polar surface area (TPSA) is 105 Å². The first-order valence-corrected chi connectivity index (χ1v) is 13.0. The molecule has 32 heavy (non-hydrogen) atoms. The third-order valence-electron chi connectivity index (χ3n) is 6.56. The van der Waals surface area contributed by atoms with Crippen LogP contribution in [0.15, 0.2) is 12.4 Å². The second-order valence-corrected chi connectivity index (χ2v) is 11.3. The third-order valence-corrected chi connectivity index (χ3v) is 8.44. The summed E-state index contributed by atoms with van der Waals surface area (Å²) in [5, 5.41) is 0. The number of ether oxygens (including phenoxy) is 2. The van der Waals surface area contributed by atoms with Crippen molar-refractivity contribution in [3.05, 3.63) is 12.4 Å². The van der Waals surface area contributed by atoms with Crippen LogP contribution in [0, 0.1) is 5.92 Å². The molecule has 2 saturated heterocycles. The van der Waals surface area contributed by atoms with Crippen LogP contribution in [0.5, 0.6) is 5.88 Å². The van der Waals surface area contributed by atoms with Crippen LogP contribution in [0.3, 0.4) is 0 Å². The van der Waals surface area contributed by atoms with Crippen LogP contribution in [0.4, 0.5) is 10.6 Å². The highest BCUT2D eigenvalue weighted by Gasteiger charge is 2.43. The van der Waals surface area contributed by atoms with Crippen LogP contribution in [0.1, 0.15) is 39.5 Å². The number of sulfonamides is 1. The predicted molar refractivity (Wildman–Crippen MR) is 119 cm³/mol. The number of carbonyl (C=O) groups excluding carboxylic acids is 1. The standard InChI is InChI=1S/C21H33N5O5S/c1-3-32(28,29)26-12-10-24(11-13-26)18-14-23-19(15-22-18)30-16-17-4-8-25(9-5-17)20(27)31-21(2)6-7-21/h14-15,17H,3-13,16H2,1-2H3. The fourth-order valence-electron chi connectivity index (χ4n) is 3.96. The molecule has 178 valence electrons. The molecule has 0 aromatic carbocycles. The Labute approximate surface area is 189 Å². The maximum atomic E-state index is 12.2. The molecule has 4 rings (SSSR count). The molecular weight excluding hydrogens is 434 g/mol. The van der Waals surface area contributed by atoms with E-state index in [9.17, 15) is 13.2 Å². The Morgan fingerprint density at radius 1 is 1.09 bits per heavy atom. The Bertz CT molecular complexity index is 890. The van der Waals surface area contributed by atoms with Gasteiger partial charge in [0.15, 0.2) is 0 Å². The van der Waals surface area contributed by atoms with Crippen molar-refractivity contribution in [3.63, 3.8) is 0 Å². The minimum Gasteiger partial charge on any atom is -0.476 e. The van der Waals surface area contributed by atoms with E-state index in [1.807, 2.05) is 11.8 Å². The maximum Gasteiger partial charge on any atom is 0.410 e. The monoisotopic (exact) mass is 467 g/mol. The third kappa shape index (κ3) is 5.61. The van der Waals surface area contributed by atoms with E-state index in [1.165, 1.54) is 4.31 Å². The van der Waals surface area contributed by atoms with Crippen molar-refractivity contribution in [3.8, 4) is 5.88 Å². The van der Waals surface area contributed by atoms with Crippen molar-refractivity contribution in [1.82, 2.24) is 19.2 Å². The molecule has 0 atom stereocenters. The molecule has 1 aromatic heterocycles. The van der Waals surface area contributed by atoms with Gasteiger partial charge in [-0.1, -0.05) is 0 Å². The number of anilines is 1. The van der Waals surface area contributed by atoms with Gasteiger partial charge >= 0.3 is 6.09 Å². The van der Waals surface area contributed by atoms with Crippen LogP contribution in [-0.2, 0) is 14.8 Å². The highest BCUT2D eigenvalue weighted by molar-refractivity contribution is 7.89. The Balaban J connectivity index is 1.18. The van der Waals surface area contributed by atoms with E-state index in [4.69, 9.17) is 9.47 Å². The molecule has 1 amide bonds. The van der Waals surface area contributed by atoms with Gasteiger partial charge in [-0.25, -0.2) is 23.2 Å². The van der Waals surface area contributed by atoms with Crippen LogP contribution in [0.25, 0.3) is 0 Å². The minimum absolute atomic E-state index is 0.126. The fraction of sp³-hybridized carbons (Fsp3) is 0.762. The van der Waals surface area contributed by atoms with Gasteiger partial charge < -0.3 is 19.3 Å². The number of amides is 1. The summed E-state index contributed by atoms with van der Waals surface area (Å²) in [5.74, 6) is 1.69. The lowest BCUT2D eigenvalue weighted by Gasteiger charge is -2.34. The summed E-state index contributed by atoms with van der Waals surface area (Å²) in [6.07, 6.45) is 6.77. The zero-order valence-corrected chi connectivity index (χ0v) is 19.7. The van der Waals surface area contributed by atoms with Crippen LogP contribution >= 0.6 is 0 Å². The fourth-order valence-corrected chi connectivity index (χ4v) is 5.05. The van der Waals surface area contributed by atoms with Crippen molar-refractivity contribution < 1.29 is 22.7 Å². The molecule has 0 unspecified atom stereocenters. The maximum absolute atomic E-state index is 12.2. The largest absolute Gasteiger partial charge is 0.476 e. The van der Waals surface area contributed by atoms with Gasteiger partial charge in [0.1, 0.15) is 11.4 Å². The molecule has 1 saturated carbocycles. The molecule has 0 spiro atoms. The Morgan fingerprint density at radius 2 is 1.78 bits per heavy atom. The molecule has 1 aliphatic carbocycles. The Hall–Kier alpha value is -2.14. The summed E-state index contributed by atoms with van der Waals surface area (Å²) >= 11 is 0. The van der Waals surface area contributed by atoms with Gasteiger partial charge in [0, 0.05) is 39.3 Å². The van der Waals surface area contributed by atoms with Gasteiger partial charge in [-0.2, -0.15) is 4.31 Å². The van der Waals surface area contributed by atoms with E-state index >= 15 is 0 Å². The summed E-state index contributed by atoms with van der Waals surface area (Å²) in [6, 6.07) is 0. The van der Waals surface area contributed by atoms with Crippen LogP contribution < -0.4 is 9.64 Å². The average molecular weight is 468 g/mol. The number of hydrogen-bond acceptors (Lipinski definition) is 8. The summed E-state index contributed by atoms with van der Waals surface area (Å²) in [4.78, 5) is 24.9. The number of hydrogen-bond donors (Lipinski definition) is 0. The summed E-state index contributed by atoms with van der Waals surface area (Å²) < 4.78 is 36.9. The Morgan fingerprint density at radius 3 is 2.34 bits per heavy atom. The normalized spacial score (nSPS) is 21.9. The number of aromatic nitrogens is 2. The smallest absolute Gasteiger partial charge is 0.410 e. The zero-order valence-electron chi connectivity index (χ0n) is 18.9. The average Bonchev–Trinajstić information content (AvgIpc) is 3.54. The molecule has 1 aromatic rings. The molecule has 11 heteroatoms. The molecule has 3 heterocycles. The highest BCUT2D eigenvalue weighted by Crippen LogP contribution is 2.39. The summed E-state index contributed by atoms with van der Waals surface area (Å²) in [7, 11) is -3.14. The van der Waals surface area contributed by atoms with E-state index < -0.39 is 10.0 Å². The van der Waals surface area contributed by atoms with Gasteiger partial charge in [0.25, 0.3) is 0 Å². The first-order valence-electron chi connectivity index (χ1n) is 11.4. The number of carbonyl (C=O) groups is 1. The van der Waals surface area contributed by atoms with E-state index in [0.29, 0.717) is 57.7 Å². The molecule has 0 radical (unpaired) electrons. The quantitative estimate of drug-likeness (QED) is 0.597. The van der Waals surface area contributed by atoms with Gasteiger partial charge in [-0.15, -0.1) is 0 Å². The van der Waals surface area contributed by atoms with Crippen molar-refractivity contribution in [1.29, 1.82) is 0 Å². The SMILES string of the molecule is CCS(=O)(=O)N1CCN(c2cnc(OCC3CCN(C(=O)OC4(C)CC4)CC3)cn2)CC1. The second-order valence-electron chi connectivity index (χ2n) is 9.06. The molecule has 3 aliphatic rings. The van der Waals surface area contributed by atoms with Crippen LogP contribution in [0.2, 0.25) is 0 Å². The molecule has 2 aliphatic heterocycles. The lowest BCUT2D eigenvalue weighted by molar-refractivity contribution is 0.0454. The molecular formula is C21H33N5O5S. The van der Waals surface area contributed by atoms with Crippen molar-refractivity contribution >= 4 is 21.9 Å². The van der Waals surface area contributed by atoms with E-state index in [2.05, 4.69) is 9.97 Å². The van der Waals surface area contributed by atoms with Crippen molar-refractivity contribution in [2.45, 2.75) is 45.1 Å². The number of piperazine rings is 1. The lowest BCUT2D eigenvalue weighted by atomic mass is 9.98. The van der Waals surface area contributed by atoms with E-state index in [0.717, 1.165) is 31.5 Å². The molecule has 10 nitrogen and oxygen atoms in total. The van der Waals surface area contributed by atoms with E-state index in [-0.39, 0.29) is 17.4 Å². The second kappa shape index (κ2) is 9.38. The van der Waals surface area contributed by atoms with Crippen molar-refractivity contribution in [2.75, 3.05) is 56.5 Å². The van der Waals surface area contributed by atoms with Gasteiger partial charge in [0.2, 0.25) is 15.9 Å². The molecule has 3 fully saturated rings. The molecule has 0 N–H and O–H groups in total. The van der Waals surface area contributed by atoms with Gasteiger partial charge in [0.05, 0.1) is 24.8 Å². The zero-order chi connectivity index (χ0) is 22.8. The van der Waals surface area contributed by atoms with E-state index in [1.54, 1.807) is 24.2 Å². The summed E-state index contributed by atoms with van der Waals surface area (Å²) in [6.45, 7) is 7.67. The summed E-state index contributed by atoms with van der Waals surface area (Å²) in [5.41, 5.74) is -0.233. The Kier molecular flexibility index (Phi) is 6.75. The van der Waals surface area contributed by atoms with Gasteiger partial charge in [-0.3, -0.25) is 0 Å². The number of rotatable bonds is 7. The van der Waals surface area contributed by atoms with Crippen LogP contribution in [-0.4, -0.2) is 90.9 Å². The molecule has 0 bridgehead atoms. The number of likely N-dealkylation sites (tertiary alicyclic amines) is 1. The minimum atomic E-state index is -3.14. The number of nitrogens with zero attached hydrogens (tertiary/aromatic N) is 5. The predicted octanol–water partition coefficient (Wildman–Crippen LogP) is 1.73. The number of piperidine rings is 1. The van der Waals surface area contributed by atoms with Crippen molar-refractivity contribution in [2.24, 2.45) is 5.92 Å². The lowest BCUT2D eigenvalue weighted by Crippen LogP contribution is -2.49. The highest BCUT2D eigenvalue weighted by atomic mass is 32.2. The first-order chi connectivity index (χ1) is 15.3. The first kappa shape index (κ1) is 23.0. The van der Waals surface area contributed by atoms with Gasteiger partial charge in [-0.05, 0) is 45.4 Å².